The Balaban J connectivity index is 2.98. The minimum Gasteiger partial charge on any atom is -0.328 e. The average Bonchev–Trinajstić information content (AvgIpc) is 1.95. The number of carbonyl (C=O) groups is 1. The van der Waals surface area contributed by atoms with Gasteiger partial charge < -0.3 is 5.32 Å². The number of hydrogen-bond acceptors (Lipinski definition) is 1. The topological polar surface area (TPSA) is 29.1 Å². The molecule has 1 aromatic rings. The molecule has 4 heteroatoms. The second-order valence-electron chi connectivity index (χ2n) is 1.89. The van der Waals surface area contributed by atoms with Crippen molar-refractivity contribution in [2.45, 2.75) is 0 Å². The summed E-state index contributed by atoms with van der Waals surface area (Å²) in [7, 11) is 0. The van der Waals surface area contributed by atoms with E-state index in [1.807, 2.05) is 0 Å². The van der Waals surface area contributed by atoms with E-state index >= 15 is 0 Å². The van der Waals surface area contributed by atoms with Crippen LogP contribution in [-0.4, -0.2) is 6.41 Å². The molecule has 0 atom stereocenters. The van der Waals surface area contributed by atoms with Gasteiger partial charge in [0.1, 0.15) is 0 Å². The van der Waals surface area contributed by atoms with Crippen LogP contribution in [0, 0.1) is 3.57 Å². The summed E-state index contributed by atoms with van der Waals surface area (Å²) in [4.78, 5) is 10.1. The van der Waals surface area contributed by atoms with Crippen molar-refractivity contribution in [2.24, 2.45) is 0 Å². The lowest BCUT2D eigenvalue weighted by atomic mass is 10.3. The van der Waals surface area contributed by atoms with Crippen molar-refractivity contribution in [3.05, 3.63) is 26.8 Å². The third-order valence-corrected chi connectivity index (χ3v) is 2.27. The highest BCUT2D eigenvalue weighted by Gasteiger charge is 1.97. The van der Waals surface area contributed by atoms with Crippen molar-refractivity contribution in [1.82, 2.24) is 0 Å². The molecule has 1 amide bonds. The van der Waals surface area contributed by atoms with E-state index < -0.39 is 0 Å². The fourth-order valence-corrected chi connectivity index (χ4v) is 1.70. The highest BCUT2D eigenvalue weighted by atomic mass is 127. The fraction of sp³-hybridized carbons (Fsp3) is 0. The molecule has 1 aromatic carbocycles. The Morgan fingerprint density at radius 2 is 2.27 bits per heavy atom. The van der Waals surface area contributed by atoms with Gasteiger partial charge in [-0.3, -0.25) is 4.79 Å². The predicted molar refractivity (Wildman–Crippen MR) is 53.9 cm³/mol. The molecule has 0 saturated heterocycles. The average molecular weight is 281 g/mol. The van der Waals surface area contributed by atoms with Gasteiger partial charge in [0.2, 0.25) is 6.41 Å². The van der Waals surface area contributed by atoms with Gasteiger partial charge in [-0.25, -0.2) is 0 Å². The van der Waals surface area contributed by atoms with Gasteiger partial charge in [-0.15, -0.1) is 0 Å². The first-order chi connectivity index (χ1) is 5.24. The predicted octanol–water partition coefficient (Wildman–Crippen LogP) is 2.51. The van der Waals surface area contributed by atoms with Crippen LogP contribution in [0.25, 0.3) is 0 Å². The van der Waals surface area contributed by atoms with Crippen LogP contribution in [0.3, 0.4) is 0 Å². The van der Waals surface area contributed by atoms with E-state index in [9.17, 15) is 4.79 Å². The van der Waals surface area contributed by atoms with E-state index in [-0.39, 0.29) is 0 Å². The Morgan fingerprint density at radius 1 is 1.55 bits per heavy atom. The van der Waals surface area contributed by atoms with Crippen molar-refractivity contribution in [3.8, 4) is 0 Å². The lowest BCUT2D eigenvalue weighted by Gasteiger charge is -2.00. The molecule has 0 aromatic heterocycles. The summed E-state index contributed by atoms with van der Waals surface area (Å²) in [6, 6.07) is 5.28. The summed E-state index contributed by atoms with van der Waals surface area (Å²) in [6.07, 6.45) is 0.644. The van der Waals surface area contributed by atoms with Crippen molar-refractivity contribution in [2.75, 3.05) is 5.32 Å². The molecule has 0 aliphatic carbocycles. The van der Waals surface area contributed by atoms with Crippen LogP contribution >= 0.6 is 34.2 Å². The molecule has 0 bridgehead atoms. The van der Waals surface area contributed by atoms with E-state index in [0.29, 0.717) is 11.4 Å². The summed E-state index contributed by atoms with van der Waals surface area (Å²) < 4.78 is 0.933. The molecule has 0 unspecified atom stereocenters. The first kappa shape index (κ1) is 8.80. The minimum absolute atomic E-state index is 0.644. The molecular weight excluding hydrogens is 276 g/mol. The van der Waals surface area contributed by atoms with Crippen LogP contribution in [0.15, 0.2) is 18.2 Å². The van der Waals surface area contributed by atoms with Gasteiger partial charge in [0.15, 0.2) is 0 Å². The second kappa shape index (κ2) is 3.92. The number of rotatable bonds is 2. The summed E-state index contributed by atoms with van der Waals surface area (Å²) in [5.41, 5.74) is 0.782. The molecule has 0 heterocycles. The Hall–Kier alpha value is -0.290. The van der Waals surface area contributed by atoms with E-state index in [1.165, 1.54) is 0 Å². The van der Waals surface area contributed by atoms with Gasteiger partial charge in [-0.1, -0.05) is 11.6 Å². The van der Waals surface area contributed by atoms with Crippen molar-refractivity contribution >= 4 is 46.3 Å². The van der Waals surface area contributed by atoms with Gasteiger partial charge >= 0.3 is 0 Å². The highest BCUT2D eigenvalue weighted by molar-refractivity contribution is 14.1. The molecule has 0 fully saturated rings. The summed E-state index contributed by atoms with van der Waals surface area (Å²) >= 11 is 7.80. The summed E-state index contributed by atoms with van der Waals surface area (Å²) in [5.74, 6) is 0. The van der Waals surface area contributed by atoms with Gasteiger partial charge in [0.25, 0.3) is 0 Å². The summed E-state index contributed by atoms with van der Waals surface area (Å²) in [6.45, 7) is 0. The Kier molecular flexibility index (Phi) is 3.14. The number of amides is 1. The lowest BCUT2D eigenvalue weighted by molar-refractivity contribution is -0.105. The smallest absolute Gasteiger partial charge is 0.211 e. The quantitative estimate of drug-likeness (QED) is 0.655. The highest BCUT2D eigenvalue weighted by Crippen LogP contribution is 2.21. The maximum atomic E-state index is 10.1. The lowest BCUT2D eigenvalue weighted by Crippen LogP contribution is -1.95. The van der Waals surface area contributed by atoms with E-state index in [1.54, 1.807) is 18.2 Å². The summed E-state index contributed by atoms with van der Waals surface area (Å²) in [5, 5.41) is 3.23. The third-order valence-electron chi connectivity index (χ3n) is 1.15. The largest absolute Gasteiger partial charge is 0.328 e. The van der Waals surface area contributed by atoms with Crippen molar-refractivity contribution in [3.63, 3.8) is 0 Å². The zero-order chi connectivity index (χ0) is 8.27. The molecule has 58 valence electrons. The fourth-order valence-electron chi connectivity index (χ4n) is 0.670. The minimum atomic E-state index is 0.644. The molecule has 1 rings (SSSR count). The molecule has 0 radical (unpaired) electrons. The zero-order valence-electron chi connectivity index (χ0n) is 5.47. The molecule has 11 heavy (non-hydrogen) atoms. The standard InChI is InChI=1S/C7H5ClINO/c8-5-1-2-7(10-4-11)6(9)3-5/h1-4H,(H,10,11). The maximum absolute atomic E-state index is 10.1. The van der Waals surface area contributed by atoms with Gasteiger partial charge in [0.05, 0.1) is 5.69 Å². The molecule has 0 aliphatic heterocycles. The normalized spacial score (nSPS) is 9.27. The molecule has 1 N–H and O–H groups in total. The molecule has 0 spiro atoms. The second-order valence-corrected chi connectivity index (χ2v) is 3.48. The Morgan fingerprint density at radius 3 is 2.82 bits per heavy atom. The third kappa shape index (κ3) is 2.34. The monoisotopic (exact) mass is 281 g/mol. The van der Waals surface area contributed by atoms with Crippen LogP contribution in [0.5, 0.6) is 0 Å². The van der Waals surface area contributed by atoms with Gasteiger partial charge in [-0.05, 0) is 40.8 Å². The molecule has 2 nitrogen and oxygen atoms in total. The van der Waals surface area contributed by atoms with Crippen LogP contribution in [0.2, 0.25) is 5.02 Å². The SMILES string of the molecule is O=CNc1ccc(Cl)cc1I. The van der Waals surface area contributed by atoms with E-state index in [4.69, 9.17) is 11.6 Å². The van der Waals surface area contributed by atoms with Gasteiger partial charge in [0, 0.05) is 8.59 Å². The van der Waals surface area contributed by atoms with Crippen LogP contribution in [-0.2, 0) is 4.79 Å². The van der Waals surface area contributed by atoms with Crippen molar-refractivity contribution < 1.29 is 4.79 Å². The molecule has 0 aliphatic rings. The van der Waals surface area contributed by atoms with Crippen LogP contribution in [0.1, 0.15) is 0 Å². The number of nitrogens with one attached hydrogen (secondary N) is 1. The Bertz CT molecular complexity index is 277. The number of halogens is 2. The maximum Gasteiger partial charge on any atom is 0.211 e. The molecular formula is C7H5ClINO. The number of anilines is 1. The zero-order valence-corrected chi connectivity index (χ0v) is 8.39. The Labute approximate surface area is 83.1 Å². The van der Waals surface area contributed by atoms with E-state index in [0.717, 1.165) is 9.26 Å². The number of hydrogen-bond donors (Lipinski definition) is 1. The first-order valence-corrected chi connectivity index (χ1v) is 4.35. The number of benzene rings is 1. The van der Waals surface area contributed by atoms with Crippen LogP contribution in [0.4, 0.5) is 5.69 Å². The van der Waals surface area contributed by atoms with Crippen LogP contribution < -0.4 is 5.32 Å². The first-order valence-electron chi connectivity index (χ1n) is 2.89. The van der Waals surface area contributed by atoms with Gasteiger partial charge in [-0.2, -0.15) is 0 Å². The van der Waals surface area contributed by atoms with E-state index in [2.05, 4.69) is 27.9 Å². The number of carbonyl (C=O) groups excluding carboxylic acids is 1. The van der Waals surface area contributed by atoms with Crippen molar-refractivity contribution in [1.29, 1.82) is 0 Å². The molecule has 0 saturated carbocycles.